The first-order valence-corrected chi connectivity index (χ1v) is 42.3. The molecule has 0 aromatic heterocycles. The first-order chi connectivity index (χ1) is 58.2. The van der Waals surface area contributed by atoms with Gasteiger partial charge in [-0.25, -0.2) is 0 Å². The third-order valence-electron chi connectivity index (χ3n) is 27.6. The molecule has 128 heavy (non-hydrogen) atoms. The Hall–Kier alpha value is 8.31. The predicted molar refractivity (Wildman–Crippen MR) is 737 cm³/mol. The van der Waals surface area contributed by atoms with Gasteiger partial charge in [-0.15, -0.1) is 0 Å². The van der Waals surface area contributed by atoms with Crippen molar-refractivity contribution in [1.82, 2.24) is 0 Å². The van der Waals surface area contributed by atoms with Gasteiger partial charge in [0.2, 0.25) is 0 Å². The molecule has 0 saturated carbocycles. The lowest BCUT2D eigenvalue weighted by molar-refractivity contribution is 3.11. The first-order valence-electron chi connectivity index (χ1n) is 42.3. The van der Waals surface area contributed by atoms with Crippen molar-refractivity contribution >= 4 is 905 Å². The molecule has 0 aliphatic carbocycles. The van der Waals surface area contributed by atoms with E-state index in [0.29, 0.717) is 0 Å². The molecule has 0 aliphatic heterocycles. The van der Waals surface area contributed by atoms with Crippen LogP contribution in [0, 0.1) is 0 Å². The van der Waals surface area contributed by atoms with Crippen molar-refractivity contribution in [2.45, 2.75) is 0 Å². The van der Waals surface area contributed by atoms with Crippen molar-refractivity contribution in [2.24, 2.45) is 0 Å². The zero-order chi connectivity index (χ0) is 101. The van der Waals surface area contributed by atoms with Gasteiger partial charge >= 0.3 is 0 Å². The van der Waals surface area contributed by atoms with Gasteiger partial charge in [0.15, 0.2) is 0 Å². The Balaban J connectivity index is 17.3. The standard InChI is InChI=1S/B128/c1-66(2)98(65)114(97(63)64)122(113(95(59)60)96(61)62)126(121(111(91(51)52)92(53)54)112(93(55)56)94(57)58)128(125(119(107(83(35)36)84(37)38)108(85(39)40)86(41)42)120(109(87(43)44)88(45)46)110(89(47)48)90(49)50)127(123(115(99(67(3)4)68(5)6)100(69(7)8)70(9)10)116(101(71(11)12)72(13)14)102(73(15)16)74(17)18)124(117(103(75(19)20)76(21)22)104(77(23)24)78(25)26)118(105(79(27)28)80(29)30)106(81(31)32)82(33)34. The maximum absolute atomic E-state index is 7.70. The smallest absolute Gasteiger partial charge is 0 e. The molecule has 0 N–H and O–H groups in total. The number of hydrogen-bond donors (Lipinski definition) is 0. The van der Waals surface area contributed by atoms with Gasteiger partial charge in [0, 0.05) is 905 Å². The van der Waals surface area contributed by atoms with Gasteiger partial charge in [-0.3, -0.25) is 0 Å². The van der Waals surface area contributed by atoms with Crippen LogP contribution in [0.5, 0.6) is 0 Å². The van der Waals surface area contributed by atoms with E-state index in [0.717, 1.165) is 0 Å². The predicted octanol–water partition coefficient (Wildman–Crippen LogP) is -48.7. The number of hydrogen-bond acceptors (Lipinski definition) is 0. The fourth-order valence-corrected chi connectivity index (χ4v) is 23.4. The van der Waals surface area contributed by atoms with Crippen molar-refractivity contribution in [1.29, 1.82) is 0 Å². The molecule has 384 valence electrons. The summed E-state index contributed by atoms with van der Waals surface area (Å²) in [5, 5.41) is 0. The van der Waals surface area contributed by atoms with Crippen LogP contribution in [-0.4, -0.2) is 905 Å². The Morgan fingerprint density at radius 3 is 0.141 bits per heavy atom. The normalized spacial score (nSPS) is 9.88. The largest absolute Gasteiger partial charge is 0 e. The Bertz CT molecular complexity index is 2180. The molecular formula is B128. The monoisotopic (exact) mass is 1410 g/mol. The molecule has 0 amide bonds. The second kappa shape index (κ2) is 62.7. The van der Waals surface area contributed by atoms with E-state index in [9.17, 15) is 0 Å². The fourth-order valence-electron chi connectivity index (χ4n) is 23.4. The summed E-state index contributed by atoms with van der Waals surface area (Å²) in [7, 11) is 482. The third kappa shape index (κ3) is 36.3. The van der Waals surface area contributed by atoms with Crippen molar-refractivity contribution < 1.29 is 0 Å². The highest BCUT2D eigenvalue weighted by molar-refractivity contribution is 8.47. The second-order valence-corrected chi connectivity index (χ2v) is 36.4. The van der Waals surface area contributed by atoms with E-state index < -0.39 is 402 Å². The lowest BCUT2D eigenvalue weighted by atomic mass is 8.16. The summed E-state index contributed by atoms with van der Waals surface area (Å²) < 4.78 is 0. The molecule has 128 heteroatoms. The van der Waals surface area contributed by atoms with Crippen LogP contribution in [0.3, 0.4) is 0 Å². The summed E-state index contributed by atoms with van der Waals surface area (Å²) in [6.45, 7) is 0. The van der Waals surface area contributed by atoms with Gasteiger partial charge in [-0.2, -0.15) is 0 Å². The van der Waals surface area contributed by atoms with Crippen LogP contribution in [0.25, 0.3) is 0 Å². The quantitative estimate of drug-likeness (QED) is 0.0533. The zero-order valence-corrected chi connectivity index (χ0v) is 73.9. The minimum Gasteiger partial charge on any atom is 0 e. The van der Waals surface area contributed by atoms with Crippen LogP contribution >= 0.6 is 0 Å². The van der Waals surface area contributed by atoms with E-state index in [-0.39, 0.29) is 0 Å². The fraction of sp³-hybridized carbons (Fsp3) is 0. The summed E-state index contributed by atoms with van der Waals surface area (Å²) in [6.07, 6.45) is -138. The van der Waals surface area contributed by atoms with Crippen LogP contribution in [0.2, 0.25) is 0 Å². The van der Waals surface area contributed by atoms with Gasteiger partial charge in [-0.1, -0.05) is 0 Å². The van der Waals surface area contributed by atoms with Gasteiger partial charge in [-0.05, 0) is 0 Å². The summed E-state index contributed by atoms with van der Waals surface area (Å²) >= 11 is 0. The molecular weight excluding hydrogens is 1380 g/mol. The Labute approximate surface area is 895 Å². The van der Waals surface area contributed by atoms with Crippen molar-refractivity contribution in [3.8, 4) is 0 Å². The minimum atomic E-state index is -2.81. The molecule has 0 unspecified atom stereocenters. The van der Waals surface area contributed by atoms with Crippen molar-refractivity contribution in [2.75, 3.05) is 0 Å². The lowest BCUT2D eigenvalue weighted by Crippen LogP contribution is -3.03. The highest BCUT2D eigenvalue weighted by Crippen LogP contribution is 2.33. The van der Waals surface area contributed by atoms with Crippen LogP contribution in [0.15, 0.2) is 0 Å². The van der Waals surface area contributed by atoms with E-state index >= 15 is 0 Å². The van der Waals surface area contributed by atoms with Crippen LogP contribution < -0.4 is 0 Å². The Kier molecular flexibility index (Phi) is 66.8. The SMILES string of the molecule is [B]B([B])B([B])B(B([B])[B])B(B(B([B])[B])B([B])[B])B(B(B(B([B])[B])B([B])[B])B(B([B])[B])B([B])[B])B(B(B(B(B([B])[B])B([B])[B])B(B([B])[B])B([B])[B])B(B(B([B])[B])B([B])[B])B(B([B])[B])B([B])[B])B(B(B(B(B([B])[B])B([B])[B])B(B([B])[B])B([B])[B])B(B(B([B])[B])B([B])[B])B(B([B])[B])B([B])[B])B(B(B(B([B])[B])B([B])[B])B(B([B])[B])B([B])[B])B(B(B([B])[B])B([B])[B])B(B([B])[B])B([B])[B]. The summed E-state index contributed by atoms with van der Waals surface area (Å²) in [5.41, 5.74) is 0. The molecule has 0 aliphatic rings. The van der Waals surface area contributed by atoms with Crippen molar-refractivity contribution in [3.05, 3.63) is 0 Å². The molecule has 0 nitrogen and oxygen atoms in total. The van der Waals surface area contributed by atoms with Gasteiger partial charge in [0.05, 0.1) is 0 Å². The van der Waals surface area contributed by atoms with Gasteiger partial charge in [0.1, 0.15) is 0 Å². The Morgan fingerprint density at radius 1 is 0.0469 bits per heavy atom. The lowest BCUT2D eigenvalue weighted by Gasteiger charge is -2.65. The summed E-state index contributed by atoms with van der Waals surface area (Å²) in [6, 6.07) is 0. The first kappa shape index (κ1) is 136. The third-order valence-corrected chi connectivity index (χ3v) is 27.6. The molecule has 0 aromatic carbocycles. The maximum Gasteiger partial charge on any atom is 0 e. The molecule has 0 rings (SSSR count). The molecule has 130 radical (unpaired) electrons. The molecule has 0 aromatic rings. The molecule has 0 fully saturated rings. The van der Waals surface area contributed by atoms with E-state index in [1.165, 1.54) is 0 Å². The van der Waals surface area contributed by atoms with Crippen LogP contribution in [-0.2, 0) is 0 Å². The van der Waals surface area contributed by atoms with E-state index in [1.807, 2.05) is 0 Å². The van der Waals surface area contributed by atoms with Gasteiger partial charge in [0.25, 0.3) is 0 Å². The second-order valence-electron chi connectivity index (χ2n) is 36.4. The molecule has 0 atom stereocenters. The molecule has 0 heterocycles. The summed E-state index contributed by atoms with van der Waals surface area (Å²) in [5.74, 6) is 0. The Morgan fingerprint density at radius 2 is 0.0938 bits per heavy atom. The summed E-state index contributed by atoms with van der Waals surface area (Å²) in [4.78, 5) is 0. The van der Waals surface area contributed by atoms with E-state index in [2.05, 4.69) is 0 Å². The average Bonchev–Trinajstić information content (AvgIpc) is 0.698. The highest BCUT2D eigenvalue weighted by Gasteiger charge is 2.72. The number of rotatable bonds is 62. The topological polar surface area (TPSA) is 0 Å². The maximum atomic E-state index is 7.70. The van der Waals surface area contributed by atoms with Crippen LogP contribution in [0.1, 0.15) is 0 Å². The van der Waals surface area contributed by atoms with Crippen LogP contribution in [0.4, 0.5) is 0 Å². The average molecular weight is 1380 g/mol. The van der Waals surface area contributed by atoms with E-state index in [4.69, 9.17) is 503 Å². The minimum absolute atomic E-state index is 1.94. The van der Waals surface area contributed by atoms with Crippen molar-refractivity contribution in [3.63, 3.8) is 0 Å². The molecule has 0 spiro atoms. The molecule has 0 saturated heterocycles. The van der Waals surface area contributed by atoms with Gasteiger partial charge < -0.3 is 0 Å². The van der Waals surface area contributed by atoms with E-state index in [1.54, 1.807) is 0 Å². The highest BCUT2D eigenvalue weighted by atomic mass is 13.5. The zero-order valence-electron chi connectivity index (χ0n) is 73.9. The molecule has 0 bridgehead atoms.